The fourth-order valence-corrected chi connectivity index (χ4v) is 2.68. The third-order valence-electron chi connectivity index (χ3n) is 3.36. The second-order valence-electron chi connectivity index (χ2n) is 5.60. The fraction of sp³-hybridized carbons (Fsp3) is 0.667. The molecule has 0 amide bonds. The lowest BCUT2D eigenvalue weighted by Crippen LogP contribution is -2.67. The van der Waals surface area contributed by atoms with Gasteiger partial charge in [-0.05, 0) is 12.3 Å². The molecule has 2 unspecified atom stereocenters. The molecule has 20 heavy (non-hydrogen) atoms. The van der Waals surface area contributed by atoms with Gasteiger partial charge < -0.3 is 20.4 Å². The summed E-state index contributed by atoms with van der Waals surface area (Å²) < 4.78 is 0. The molecular formula is C12H18O8. The number of carboxylic acids is 3. The van der Waals surface area contributed by atoms with Gasteiger partial charge in [0.1, 0.15) is 0 Å². The summed E-state index contributed by atoms with van der Waals surface area (Å²) in [6.07, 6.45) is -1.41. The molecule has 0 saturated carbocycles. The van der Waals surface area contributed by atoms with E-state index in [-0.39, 0.29) is 0 Å². The highest BCUT2D eigenvalue weighted by Crippen LogP contribution is 2.50. The van der Waals surface area contributed by atoms with Crippen LogP contribution in [0, 0.1) is 10.8 Å². The molecule has 4 N–H and O–H groups in total. The second kappa shape index (κ2) is 5.20. The number of aliphatic carboxylic acids is 3. The summed E-state index contributed by atoms with van der Waals surface area (Å²) in [5, 5.41) is 37.6. The molecule has 0 aromatic rings. The SMILES string of the molecule is CC(=O)C(C(=O)O)(C(C)(C)C)C(O)(CC(=O)O)C(=O)O. The van der Waals surface area contributed by atoms with Gasteiger partial charge in [-0.1, -0.05) is 20.8 Å². The molecule has 0 bridgehead atoms. The zero-order chi connectivity index (χ0) is 16.5. The highest BCUT2D eigenvalue weighted by Gasteiger charge is 2.70. The lowest BCUT2D eigenvalue weighted by molar-refractivity contribution is -0.207. The summed E-state index contributed by atoms with van der Waals surface area (Å²) in [6, 6.07) is 0. The van der Waals surface area contributed by atoms with E-state index in [4.69, 9.17) is 10.2 Å². The average Bonchev–Trinajstić information content (AvgIpc) is 2.11. The van der Waals surface area contributed by atoms with Crippen molar-refractivity contribution < 1.29 is 39.6 Å². The monoisotopic (exact) mass is 290 g/mol. The number of hydrogen-bond donors (Lipinski definition) is 4. The number of Topliss-reactive ketones (excluding diaryl/α,β-unsaturated/α-hetero) is 1. The van der Waals surface area contributed by atoms with Gasteiger partial charge in [-0.15, -0.1) is 0 Å². The van der Waals surface area contributed by atoms with Gasteiger partial charge in [0.2, 0.25) is 0 Å². The molecule has 0 rings (SSSR count). The molecule has 8 nitrogen and oxygen atoms in total. The van der Waals surface area contributed by atoms with E-state index in [0.29, 0.717) is 0 Å². The van der Waals surface area contributed by atoms with Crippen LogP contribution in [0.2, 0.25) is 0 Å². The van der Waals surface area contributed by atoms with Crippen molar-refractivity contribution in [2.75, 3.05) is 0 Å². The first kappa shape index (κ1) is 18.0. The molecule has 0 aliphatic rings. The predicted molar refractivity (Wildman–Crippen MR) is 65.0 cm³/mol. The van der Waals surface area contributed by atoms with Crippen LogP contribution in [0.4, 0.5) is 0 Å². The van der Waals surface area contributed by atoms with Crippen molar-refractivity contribution >= 4 is 23.7 Å². The van der Waals surface area contributed by atoms with Crippen molar-refractivity contribution in [1.82, 2.24) is 0 Å². The minimum atomic E-state index is -3.27. The number of hydrogen-bond acceptors (Lipinski definition) is 5. The first-order valence-corrected chi connectivity index (χ1v) is 5.67. The molecule has 0 heterocycles. The van der Waals surface area contributed by atoms with Gasteiger partial charge in [-0.2, -0.15) is 0 Å². The highest BCUT2D eigenvalue weighted by atomic mass is 16.4. The first-order chi connectivity index (χ1) is 8.75. The zero-order valence-corrected chi connectivity index (χ0v) is 11.6. The second-order valence-corrected chi connectivity index (χ2v) is 5.60. The molecule has 0 saturated heterocycles. The predicted octanol–water partition coefficient (Wildman–Crippen LogP) is -0.0171. The first-order valence-electron chi connectivity index (χ1n) is 5.67. The Labute approximate surface area is 115 Å². The molecule has 2 atom stereocenters. The van der Waals surface area contributed by atoms with Gasteiger partial charge in [0.05, 0.1) is 6.42 Å². The highest BCUT2D eigenvalue weighted by molar-refractivity contribution is 6.09. The Morgan fingerprint density at radius 3 is 1.45 bits per heavy atom. The standard InChI is InChI=1S/C12H18O8/c1-6(13)12(9(18)19,10(2,3)4)11(20,8(16)17)5-7(14)15/h20H,5H2,1-4H3,(H,14,15)(H,16,17)(H,18,19). The normalized spacial score (nSPS) is 17.6. The number of carbonyl (C=O) groups is 4. The summed E-state index contributed by atoms with van der Waals surface area (Å²) in [7, 11) is 0. The van der Waals surface area contributed by atoms with Crippen LogP contribution in [0.5, 0.6) is 0 Å². The van der Waals surface area contributed by atoms with E-state index >= 15 is 0 Å². The van der Waals surface area contributed by atoms with Gasteiger partial charge in [-0.3, -0.25) is 14.4 Å². The molecule has 0 spiro atoms. The maximum atomic E-state index is 11.9. The van der Waals surface area contributed by atoms with Crippen molar-refractivity contribution in [2.24, 2.45) is 10.8 Å². The molecule has 0 aliphatic carbocycles. The van der Waals surface area contributed by atoms with E-state index in [9.17, 15) is 29.4 Å². The van der Waals surface area contributed by atoms with Gasteiger partial charge >= 0.3 is 17.9 Å². The van der Waals surface area contributed by atoms with Crippen LogP contribution < -0.4 is 0 Å². The summed E-state index contributed by atoms with van der Waals surface area (Å²) in [4.78, 5) is 45.6. The van der Waals surface area contributed by atoms with E-state index < -0.39 is 46.5 Å². The van der Waals surface area contributed by atoms with Gasteiger partial charge in [0, 0.05) is 0 Å². The Balaban J connectivity index is 6.63. The van der Waals surface area contributed by atoms with Gasteiger partial charge in [0.25, 0.3) is 0 Å². The van der Waals surface area contributed by atoms with Crippen LogP contribution in [0.3, 0.4) is 0 Å². The molecule has 0 aliphatic heterocycles. The minimum absolute atomic E-state index is 0.815. The summed E-state index contributed by atoms with van der Waals surface area (Å²) in [6.45, 7) is 4.56. The van der Waals surface area contributed by atoms with E-state index in [0.717, 1.165) is 6.92 Å². The van der Waals surface area contributed by atoms with Crippen molar-refractivity contribution in [3.05, 3.63) is 0 Å². The van der Waals surface area contributed by atoms with Crippen LogP contribution in [0.25, 0.3) is 0 Å². The third kappa shape index (κ3) is 2.38. The number of ketones is 1. The van der Waals surface area contributed by atoms with Crippen molar-refractivity contribution in [3.63, 3.8) is 0 Å². The molecule has 114 valence electrons. The number of rotatable bonds is 6. The van der Waals surface area contributed by atoms with Crippen molar-refractivity contribution in [1.29, 1.82) is 0 Å². The van der Waals surface area contributed by atoms with E-state index in [1.54, 1.807) is 0 Å². The number of carboxylic acid groups (broad SMARTS) is 3. The van der Waals surface area contributed by atoms with E-state index in [1.165, 1.54) is 20.8 Å². The Kier molecular flexibility index (Phi) is 4.69. The van der Waals surface area contributed by atoms with Crippen LogP contribution >= 0.6 is 0 Å². The van der Waals surface area contributed by atoms with Crippen LogP contribution in [-0.4, -0.2) is 49.7 Å². The average molecular weight is 290 g/mol. The molecule has 8 heteroatoms. The Morgan fingerprint density at radius 2 is 1.30 bits per heavy atom. The summed E-state index contributed by atoms with van der Waals surface area (Å²) in [5.41, 5.74) is -7.60. The lowest BCUT2D eigenvalue weighted by atomic mass is 9.54. The largest absolute Gasteiger partial charge is 0.481 e. The molecular weight excluding hydrogens is 272 g/mol. The van der Waals surface area contributed by atoms with Crippen LogP contribution in [0.15, 0.2) is 0 Å². The quantitative estimate of drug-likeness (QED) is 0.498. The van der Waals surface area contributed by atoms with Gasteiger partial charge in [0.15, 0.2) is 16.8 Å². The minimum Gasteiger partial charge on any atom is -0.481 e. The molecule has 0 fully saturated rings. The maximum Gasteiger partial charge on any atom is 0.338 e. The zero-order valence-electron chi connectivity index (χ0n) is 11.6. The smallest absolute Gasteiger partial charge is 0.338 e. The number of aliphatic hydroxyl groups is 1. The maximum absolute atomic E-state index is 11.9. The topological polar surface area (TPSA) is 149 Å². The van der Waals surface area contributed by atoms with Crippen molar-refractivity contribution in [2.45, 2.75) is 39.7 Å². The van der Waals surface area contributed by atoms with Crippen molar-refractivity contribution in [3.8, 4) is 0 Å². The molecule has 0 radical (unpaired) electrons. The fourth-order valence-electron chi connectivity index (χ4n) is 2.68. The van der Waals surface area contributed by atoms with Gasteiger partial charge in [-0.25, -0.2) is 4.79 Å². The van der Waals surface area contributed by atoms with Crippen LogP contribution in [0.1, 0.15) is 34.1 Å². The molecule has 0 aromatic carbocycles. The lowest BCUT2D eigenvalue weighted by Gasteiger charge is -2.47. The van der Waals surface area contributed by atoms with E-state index in [2.05, 4.69) is 0 Å². The molecule has 0 aromatic heterocycles. The number of carbonyl (C=O) groups excluding carboxylic acids is 1. The van der Waals surface area contributed by atoms with E-state index in [1.807, 2.05) is 0 Å². The Hall–Kier alpha value is -1.96. The summed E-state index contributed by atoms with van der Waals surface area (Å²) in [5.74, 6) is -6.83. The Morgan fingerprint density at radius 1 is 0.900 bits per heavy atom. The summed E-state index contributed by atoms with van der Waals surface area (Å²) >= 11 is 0. The third-order valence-corrected chi connectivity index (χ3v) is 3.36. The van der Waals surface area contributed by atoms with Crippen LogP contribution in [-0.2, 0) is 19.2 Å². The Bertz CT molecular complexity index is 445.